The molecular weight excluding hydrogens is 316 g/mol. The summed E-state index contributed by atoms with van der Waals surface area (Å²) in [6, 6.07) is 7.23. The molecule has 23 heavy (non-hydrogen) atoms. The van der Waals surface area contributed by atoms with Crippen LogP contribution in [0.4, 0.5) is 11.4 Å². The quantitative estimate of drug-likeness (QED) is 0.818. The fourth-order valence-electron chi connectivity index (χ4n) is 3.13. The molecule has 1 atom stereocenters. The summed E-state index contributed by atoms with van der Waals surface area (Å²) in [5.41, 5.74) is 1.37. The van der Waals surface area contributed by atoms with Crippen LogP contribution >= 0.6 is 0 Å². The topological polar surface area (TPSA) is 66.9 Å². The van der Waals surface area contributed by atoms with Gasteiger partial charge in [-0.1, -0.05) is 6.07 Å². The number of benzene rings is 1. The average molecular weight is 338 g/mol. The van der Waals surface area contributed by atoms with Gasteiger partial charge in [0.25, 0.3) is 0 Å². The van der Waals surface area contributed by atoms with Crippen LogP contribution in [0, 0.1) is 5.92 Å². The van der Waals surface area contributed by atoms with Crippen LogP contribution < -0.4 is 9.21 Å². The number of hydrogen-bond donors (Lipinski definition) is 0. The van der Waals surface area contributed by atoms with Gasteiger partial charge in [0.15, 0.2) is 0 Å². The van der Waals surface area contributed by atoms with Gasteiger partial charge in [0, 0.05) is 37.7 Å². The Labute approximate surface area is 137 Å². The second-order valence-electron chi connectivity index (χ2n) is 6.19. The van der Waals surface area contributed by atoms with Crippen molar-refractivity contribution in [1.82, 2.24) is 0 Å². The molecule has 0 aliphatic carbocycles. The number of rotatable bonds is 5. The SMILES string of the molecule is CS(=O)(=O)N(CC1CCOC1)c1cccc(N2CCCC2=O)c1. The summed E-state index contributed by atoms with van der Waals surface area (Å²) in [7, 11) is -3.38. The smallest absolute Gasteiger partial charge is 0.232 e. The fraction of sp³-hybridized carbons (Fsp3) is 0.562. The lowest BCUT2D eigenvalue weighted by Crippen LogP contribution is -2.35. The number of sulfonamides is 1. The fourth-order valence-corrected chi connectivity index (χ4v) is 4.11. The van der Waals surface area contributed by atoms with Crippen LogP contribution in [-0.2, 0) is 19.6 Å². The monoisotopic (exact) mass is 338 g/mol. The summed E-state index contributed by atoms with van der Waals surface area (Å²) in [5.74, 6) is 0.305. The molecule has 0 spiro atoms. The highest BCUT2D eigenvalue weighted by atomic mass is 32.2. The van der Waals surface area contributed by atoms with Crippen molar-refractivity contribution in [3.63, 3.8) is 0 Å². The van der Waals surface area contributed by atoms with E-state index in [1.165, 1.54) is 10.6 Å². The molecule has 1 unspecified atom stereocenters. The van der Waals surface area contributed by atoms with E-state index in [9.17, 15) is 13.2 Å². The molecule has 6 nitrogen and oxygen atoms in total. The summed E-state index contributed by atoms with van der Waals surface area (Å²) in [4.78, 5) is 13.6. The van der Waals surface area contributed by atoms with Crippen LogP contribution in [0.15, 0.2) is 24.3 Å². The molecule has 0 aromatic heterocycles. The predicted molar refractivity (Wildman–Crippen MR) is 89.1 cm³/mol. The van der Waals surface area contributed by atoms with Gasteiger partial charge in [0.05, 0.1) is 18.6 Å². The van der Waals surface area contributed by atoms with E-state index in [2.05, 4.69) is 0 Å². The number of ether oxygens (including phenoxy) is 1. The van der Waals surface area contributed by atoms with Crippen molar-refractivity contribution in [3.8, 4) is 0 Å². The van der Waals surface area contributed by atoms with Crippen LogP contribution in [0.2, 0.25) is 0 Å². The lowest BCUT2D eigenvalue weighted by atomic mass is 10.1. The third-order valence-corrected chi connectivity index (χ3v) is 5.51. The maximum absolute atomic E-state index is 12.2. The van der Waals surface area contributed by atoms with Crippen LogP contribution in [0.25, 0.3) is 0 Å². The van der Waals surface area contributed by atoms with Gasteiger partial charge in [-0.05, 0) is 31.0 Å². The number of nitrogens with zero attached hydrogens (tertiary/aromatic N) is 2. The highest BCUT2D eigenvalue weighted by molar-refractivity contribution is 7.92. The molecule has 1 aromatic carbocycles. The summed E-state index contributed by atoms with van der Waals surface area (Å²) in [5, 5.41) is 0. The molecule has 2 saturated heterocycles. The summed E-state index contributed by atoms with van der Waals surface area (Å²) >= 11 is 0. The number of carbonyl (C=O) groups excluding carboxylic acids is 1. The van der Waals surface area contributed by atoms with Crippen molar-refractivity contribution in [1.29, 1.82) is 0 Å². The zero-order valence-corrected chi connectivity index (χ0v) is 14.1. The first-order chi connectivity index (χ1) is 10.9. The van der Waals surface area contributed by atoms with E-state index in [1.54, 1.807) is 23.1 Å². The minimum absolute atomic E-state index is 0.0947. The maximum atomic E-state index is 12.2. The van der Waals surface area contributed by atoms with Crippen LogP contribution in [-0.4, -0.2) is 46.9 Å². The minimum Gasteiger partial charge on any atom is -0.381 e. The maximum Gasteiger partial charge on any atom is 0.232 e. The molecule has 2 aliphatic heterocycles. The van der Waals surface area contributed by atoms with E-state index in [0.717, 1.165) is 18.5 Å². The zero-order chi connectivity index (χ0) is 16.4. The molecule has 1 aromatic rings. The largest absolute Gasteiger partial charge is 0.381 e. The Morgan fingerprint density at radius 3 is 2.83 bits per heavy atom. The normalized spacial score (nSPS) is 21.9. The Morgan fingerprint density at radius 2 is 2.22 bits per heavy atom. The molecule has 0 saturated carbocycles. The summed E-state index contributed by atoms with van der Waals surface area (Å²) in [6.45, 7) is 2.38. The molecule has 2 aliphatic rings. The highest BCUT2D eigenvalue weighted by Gasteiger charge is 2.27. The molecule has 1 amide bonds. The standard InChI is InChI=1S/C16H22N2O4S/c1-23(20,21)18(11-13-7-9-22-12-13)15-5-2-4-14(10-15)17-8-3-6-16(17)19/h2,4-5,10,13H,3,6-9,11-12H2,1H3. The minimum atomic E-state index is -3.38. The third kappa shape index (κ3) is 3.67. The van der Waals surface area contributed by atoms with Crippen molar-refractivity contribution in [2.75, 3.05) is 41.8 Å². The van der Waals surface area contributed by atoms with Gasteiger partial charge >= 0.3 is 0 Å². The van der Waals surface area contributed by atoms with Gasteiger partial charge < -0.3 is 9.64 Å². The van der Waals surface area contributed by atoms with Crippen molar-refractivity contribution in [2.24, 2.45) is 5.92 Å². The first-order valence-corrected chi connectivity index (χ1v) is 9.76. The summed E-state index contributed by atoms with van der Waals surface area (Å²) in [6.07, 6.45) is 3.49. The van der Waals surface area contributed by atoms with E-state index >= 15 is 0 Å². The van der Waals surface area contributed by atoms with Gasteiger partial charge in [0.1, 0.15) is 0 Å². The Balaban J connectivity index is 1.88. The van der Waals surface area contributed by atoms with Gasteiger partial charge in [0.2, 0.25) is 15.9 Å². The van der Waals surface area contributed by atoms with Crippen molar-refractivity contribution >= 4 is 27.3 Å². The van der Waals surface area contributed by atoms with Crippen molar-refractivity contribution in [3.05, 3.63) is 24.3 Å². The lowest BCUT2D eigenvalue weighted by molar-refractivity contribution is -0.117. The van der Waals surface area contributed by atoms with Gasteiger partial charge in [-0.25, -0.2) is 8.42 Å². The Morgan fingerprint density at radius 1 is 1.39 bits per heavy atom. The zero-order valence-electron chi connectivity index (χ0n) is 13.3. The molecule has 3 rings (SSSR count). The Kier molecular flexibility index (Phi) is 4.59. The number of amides is 1. The van der Waals surface area contributed by atoms with Gasteiger partial charge in [-0.15, -0.1) is 0 Å². The molecule has 0 N–H and O–H groups in total. The van der Waals surface area contributed by atoms with Crippen molar-refractivity contribution in [2.45, 2.75) is 19.3 Å². The van der Waals surface area contributed by atoms with E-state index < -0.39 is 10.0 Å². The molecule has 126 valence electrons. The van der Waals surface area contributed by atoms with Gasteiger partial charge in [-0.3, -0.25) is 9.10 Å². The van der Waals surface area contributed by atoms with E-state index in [0.29, 0.717) is 38.4 Å². The van der Waals surface area contributed by atoms with Gasteiger partial charge in [-0.2, -0.15) is 0 Å². The van der Waals surface area contributed by atoms with E-state index in [1.807, 2.05) is 6.07 Å². The second kappa shape index (κ2) is 6.49. The Bertz CT molecular complexity index is 683. The molecule has 0 bridgehead atoms. The molecular formula is C16H22N2O4S. The van der Waals surface area contributed by atoms with Crippen LogP contribution in [0.3, 0.4) is 0 Å². The third-order valence-electron chi connectivity index (χ3n) is 4.35. The van der Waals surface area contributed by atoms with E-state index in [4.69, 9.17) is 4.74 Å². The van der Waals surface area contributed by atoms with Crippen LogP contribution in [0.5, 0.6) is 0 Å². The summed E-state index contributed by atoms with van der Waals surface area (Å²) < 4.78 is 31.2. The van der Waals surface area contributed by atoms with Crippen molar-refractivity contribution < 1.29 is 17.9 Å². The number of carbonyl (C=O) groups is 1. The molecule has 2 heterocycles. The molecule has 2 fully saturated rings. The highest BCUT2D eigenvalue weighted by Crippen LogP contribution is 2.28. The molecule has 0 radical (unpaired) electrons. The first kappa shape index (κ1) is 16.3. The number of hydrogen-bond acceptors (Lipinski definition) is 4. The first-order valence-electron chi connectivity index (χ1n) is 7.91. The Hall–Kier alpha value is -1.60. The van der Waals surface area contributed by atoms with E-state index in [-0.39, 0.29) is 11.8 Å². The molecule has 7 heteroatoms. The van der Waals surface area contributed by atoms with Crippen LogP contribution in [0.1, 0.15) is 19.3 Å². The predicted octanol–water partition coefficient (Wildman–Crippen LogP) is 1.62. The lowest BCUT2D eigenvalue weighted by Gasteiger charge is -2.26. The number of anilines is 2. The average Bonchev–Trinajstić information content (AvgIpc) is 3.15. The second-order valence-corrected chi connectivity index (χ2v) is 8.10.